The summed E-state index contributed by atoms with van der Waals surface area (Å²) < 4.78 is 16.4. The third-order valence-corrected chi connectivity index (χ3v) is 6.90. The Bertz CT molecular complexity index is 1250. The van der Waals surface area contributed by atoms with Crippen LogP contribution >= 0.6 is 0 Å². The first-order valence-corrected chi connectivity index (χ1v) is 15.0. The number of rotatable bonds is 18. The van der Waals surface area contributed by atoms with E-state index in [-0.39, 0.29) is 39.2 Å². The molecule has 3 aromatic rings. The van der Waals surface area contributed by atoms with E-state index in [9.17, 15) is 14.4 Å². The van der Waals surface area contributed by atoms with Gasteiger partial charge in [-0.15, -0.1) is 0 Å². The Labute approximate surface area is 259 Å². The lowest BCUT2D eigenvalue weighted by Crippen LogP contribution is -2.47. The number of ether oxygens (including phenoxy) is 3. The van der Waals surface area contributed by atoms with Crippen molar-refractivity contribution < 1.29 is 28.6 Å². The van der Waals surface area contributed by atoms with Crippen molar-refractivity contribution in [2.45, 2.75) is 58.1 Å². The van der Waals surface area contributed by atoms with E-state index >= 15 is 0 Å². The molecule has 0 bridgehead atoms. The van der Waals surface area contributed by atoms with E-state index < -0.39 is 24.3 Å². The van der Waals surface area contributed by atoms with Crippen LogP contribution < -0.4 is 11.5 Å². The van der Waals surface area contributed by atoms with Crippen molar-refractivity contribution in [3.63, 3.8) is 0 Å². The fraction of sp³-hybridized carbons (Fsp3) is 0.382. The molecule has 1 unspecified atom stereocenters. The van der Waals surface area contributed by atoms with Crippen LogP contribution in [0.15, 0.2) is 91.0 Å². The van der Waals surface area contributed by atoms with Crippen LogP contribution in [0.5, 0.6) is 0 Å². The lowest BCUT2D eigenvalue weighted by molar-refractivity contribution is -0.145. The molecule has 0 aliphatic heterocycles. The van der Waals surface area contributed by atoms with Crippen LogP contribution in [-0.2, 0) is 38.8 Å². The summed E-state index contributed by atoms with van der Waals surface area (Å²) in [7, 11) is 0. The third-order valence-electron chi connectivity index (χ3n) is 6.90. The number of carbonyl (C=O) groups excluding carboxylic acids is 3. The molecule has 0 fully saturated rings. The highest BCUT2D eigenvalue weighted by molar-refractivity contribution is 5.70. The number of amides is 2. The van der Waals surface area contributed by atoms with E-state index in [1.54, 1.807) is 4.90 Å². The first-order valence-electron chi connectivity index (χ1n) is 15.0. The summed E-state index contributed by atoms with van der Waals surface area (Å²) in [6.07, 6.45) is 0.319. The molecular weight excluding hydrogens is 560 g/mol. The van der Waals surface area contributed by atoms with Gasteiger partial charge in [0, 0.05) is 26.1 Å². The predicted molar refractivity (Wildman–Crippen MR) is 168 cm³/mol. The number of esters is 1. The number of nitrogens with two attached hydrogens (primary N) is 2. The summed E-state index contributed by atoms with van der Waals surface area (Å²) in [4.78, 5) is 41.4. The van der Waals surface area contributed by atoms with Crippen molar-refractivity contribution in [1.82, 2.24) is 9.80 Å². The molecule has 0 spiro atoms. The van der Waals surface area contributed by atoms with Crippen molar-refractivity contribution in [2.24, 2.45) is 11.5 Å². The fourth-order valence-corrected chi connectivity index (χ4v) is 4.40. The minimum absolute atomic E-state index is 0.0522. The summed E-state index contributed by atoms with van der Waals surface area (Å²) in [5.41, 5.74) is 14.7. The van der Waals surface area contributed by atoms with Gasteiger partial charge < -0.3 is 30.6 Å². The normalized spacial score (nSPS) is 11.3. The maximum absolute atomic E-state index is 13.1. The largest absolute Gasteiger partial charge is 0.461 e. The van der Waals surface area contributed by atoms with Crippen molar-refractivity contribution in [3.8, 4) is 0 Å². The van der Waals surface area contributed by atoms with Gasteiger partial charge in [0.15, 0.2) is 0 Å². The average Bonchev–Trinajstić information content (AvgIpc) is 3.06. The third kappa shape index (κ3) is 12.8. The molecule has 0 saturated heterocycles. The van der Waals surface area contributed by atoms with Crippen LogP contribution in [0.4, 0.5) is 9.59 Å². The van der Waals surface area contributed by atoms with Crippen molar-refractivity contribution in [1.29, 1.82) is 0 Å². The van der Waals surface area contributed by atoms with Crippen LogP contribution in [0.1, 0.15) is 48.8 Å². The van der Waals surface area contributed by atoms with Crippen LogP contribution in [-0.4, -0.2) is 60.3 Å². The Morgan fingerprint density at radius 1 is 0.614 bits per heavy atom. The number of nitrogens with zero attached hydrogens (tertiary/aromatic N) is 2. The van der Waals surface area contributed by atoms with Gasteiger partial charge in [0.25, 0.3) is 0 Å². The molecule has 3 aromatic carbocycles. The Morgan fingerprint density at radius 3 is 1.59 bits per heavy atom. The van der Waals surface area contributed by atoms with E-state index in [4.69, 9.17) is 25.7 Å². The predicted octanol–water partition coefficient (Wildman–Crippen LogP) is 5.20. The molecule has 4 N–H and O–H groups in total. The smallest absolute Gasteiger partial charge is 0.411 e. The van der Waals surface area contributed by atoms with Gasteiger partial charge in [-0.25, -0.2) is 9.59 Å². The number of hydrogen-bond donors (Lipinski definition) is 2. The Hall–Kier alpha value is -4.41. The van der Waals surface area contributed by atoms with Gasteiger partial charge in [0.05, 0.1) is 6.17 Å². The first kappa shape index (κ1) is 34.1. The highest BCUT2D eigenvalue weighted by Gasteiger charge is 2.23. The number of benzene rings is 3. The topological polar surface area (TPSA) is 137 Å². The van der Waals surface area contributed by atoms with E-state index in [2.05, 4.69) is 0 Å². The Kier molecular flexibility index (Phi) is 15.3. The second-order valence-electron chi connectivity index (χ2n) is 10.4. The zero-order chi connectivity index (χ0) is 31.4. The quantitative estimate of drug-likeness (QED) is 0.0875. The Balaban J connectivity index is 1.52. The van der Waals surface area contributed by atoms with E-state index in [0.717, 1.165) is 16.7 Å². The van der Waals surface area contributed by atoms with Crippen molar-refractivity contribution >= 4 is 18.2 Å². The summed E-state index contributed by atoms with van der Waals surface area (Å²) in [6, 6.07) is 28.3. The molecule has 10 heteroatoms. The second-order valence-corrected chi connectivity index (χ2v) is 10.4. The SMILES string of the molecule is NCCCN(CCCCN(C(=O)OCc1ccccc1)C(N)CCC(=O)OCc1ccccc1)C(=O)OCc1ccccc1. The lowest BCUT2D eigenvalue weighted by Gasteiger charge is -2.29. The zero-order valence-electron chi connectivity index (χ0n) is 25.2. The first-order chi connectivity index (χ1) is 21.5. The molecule has 0 saturated carbocycles. The van der Waals surface area contributed by atoms with Gasteiger partial charge in [0.1, 0.15) is 19.8 Å². The van der Waals surface area contributed by atoms with Crippen LogP contribution in [0.2, 0.25) is 0 Å². The maximum Gasteiger partial charge on any atom is 0.411 e. The van der Waals surface area contributed by atoms with Crippen LogP contribution in [0.3, 0.4) is 0 Å². The van der Waals surface area contributed by atoms with Gasteiger partial charge in [-0.3, -0.25) is 9.69 Å². The van der Waals surface area contributed by atoms with Gasteiger partial charge >= 0.3 is 18.2 Å². The molecular formula is C34H44N4O6. The molecule has 2 amide bonds. The molecule has 10 nitrogen and oxygen atoms in total. The van der Waals surface area contributed by atoms with Gasteiger partial charge in [-0.1, -0.05) is 91.0 Å². The van der Waals surface area contributed by atoms with Crippen LogP contribution in [0.25, 0.3) is 0 Å². The number of unbranched alkanes of at least 4 members (excludes halogenated alkanes) is 1. The minimum Gasteiger partial charge on any atom is -0.461 e. The standard InChI is InChI=1S/C34H44N4O6/c35-21-12-23-37(33(40)43-26-29-15-6-2-7-16-29)22-10-11-24-38(34(41)44-27-30-17-8-3-9-18-30)31(36)19-20-32(39)42-25-28-13-4-1-5-14-28/h1-9,13-18,31H,10-12,19-27,35-36H2. The minimum atomic E-state index is -0.758. The summed E-state index contributed by atoms with van der Waals surface area (Å²) >= 11 is 0. The summed E-state index contributed by atoms with van der Waals surface area (Å²) in [5.74, 6) is -0.397. The van der Waals surface area contributed by atoms with Crippen LogP contribution in [0, 0.1) is 0 Å². The molecule has 0 aliphatic rings. The number of hydrogen-bond acceptors (Lipinski definition) is 8. The monoisotopic (exact) mass is 604 g/mol. The van der Waals surface area contributed by atoms with Crippen molar-refractivity contribution in [2.75, 3.05) is 26.2 Å². The van der Waals surface area contributed by atoms with E-state index in [1.165, 1.54) is 4.90 Å². The van der Waals surface area contributed by atoms with Gasteiger partial charge in [0.2, 0.25) is 0 Å². The molecule has 0 heterocycles. The average molecular weight is 605 g/mol. The molecule has 1 atom stereocenters. The summed E-state index contributed by atoms with van der Waals surface area (Å²) in [5, 5.41) is 0. The van der Waals surface area contributed by atoms with E-state index in [0.29, 0.717) is 38.9 Å². The summed E-state index contributed by atoms with van der Waals surface area (Å²) in [6.45, 7) is 2.10. The van der Waals surface area contributed by atoms with Gasteiger partial charge in [-0.05, 0) is 48.9 Å². The molecule has 44 heavy (non-hydrogen) atoms. The molecule has 236 valence electrons. The number of carbonyl (C=O) groups is 3. The highest BCUT2D eigenvalue weighted by Crippen LogP contribution is 2.12. The van der Waals surface area contributed by atoms with Crippen molar-refractivity contribution in [3.05, 3.63) is 108 Å². The lowest BCUT2D eigenvalue weighted by atomic mass is 10.2. The Morgan fingerprint density at radius 2 is 1.07 bits per heavy atom. The molecule has 3 rings (SSSR count). The molecule has 0 aromatic heterocycles. The second kappa shape index (κ2) is 19.7. The highest BCUT2D eigenvalue weighted by atomic mass is 16.6. The van der Waals surface area contributed by atoms with Gasteiger partial charge in [-0.2, -0.15) is 0 Å². The fourth-order valence-electron chi connectivity index (χ4n) is 4.40. The maximum atomic E-state index is 13.1. The molecule has 0 radical (unpaired) electrons. The zero-order valence-corrected chi connectivity index (χ0v) is 25.2. The molecule has 0 aliphatic carbocycles. The van der Waals surface area contributed by atoms with E-state index in [1.807, 2.05) is 91.0 Å².